The molecule has 0 fully saturated rings. The largest absolute Gasteiger partial charge is 0.311 e. The van der Waals surface area contributed by atoms with Gasteiger partial charge in [0, 0.05) is 13.1 Å². The van der Waals surface area contributed by atoms with Crippen molar-refractivity contribution in [2.45, 2.75) is 10.2 Å². The molecule has 0 spiro atoms. The van der Waals surface area contributed by atoms with Gasteiger partial charge in [-0.2, -0.15) is 4.39 Å². The van der Waals surface area contributed by atoms with Crippen molar-refractivity contribution >= 4 is 11.8 Å². The third-order valence-corrected chi connectivity index (χ3v) is 2.46. The monoisotopic (exact) mass is 211 g/mol. The SMILES string of the molecule is Cn1cnnc1Sc1cc(F)ncn1. The molecular formula is C7H6FN5S. The van der Waals surface area contributed by atoms with Crippen molar-refractivity contribution in [2.24, 2.45) is 7.05 Å². The van der Waals surface area contributed by atoms with Crippen molar-refractivity contribution in [2.75, 3.05) is 0 Å². The zero-order valence-electron chi connectivity index (χ0n) is 7.25. The van der Waals surface area contributed by atoms with Crippen LogP contribution in [0.2, 0.25) is 0 Å². The Hall–Kier alpha value is -1.50. The van der Waals surface area contributed by atoms with E-state index >= 15 is 0 Å². The van der Waals surface area contributed by atoms with Gasteiger partial charge in [-0.05, 0) is 11.8 Å². The van der Waals surface area contributed by atoms with Crippen LogP contribution in [0, 0.1) is 5.95 Å². The molecule has 0 saturated heterocycles. The summed E-state index contributed by atoms with van der Waals surface area (Å²) in [5, 5.41) is 8.69. The fourth-order valence-corrected chi connectivity index (χ4v) is 1.55. The van der Waals surface area contributed by atoms with E-state index in [0.717, 1.165) is 0 Å². The summed E-state index contributed by atoms with van der Waals surface area (Å²) in [5.41, 5.74) is 0. The molecule has 5 nitrogen and oxygen atoms in total. The predicted molar refractivity (Wildman–Crippen MR) is 47.1 cm³/mol. The maximum absolute atomic E-state index is 12.7. The molecule has 0 unspecified atom stereocenters. The molecule has 0 bridgehead atoms. The van der Waals surface area contributed by atoms with E-state index in [9.17, 15) is 4.39 Å². The third kappa shape index (κ3) is 1.87. The Labute approximate surface area is 83.4 Å². The highest BCUT2D eigenvalue weighted by Gasteiger charge is 2.05. The van der Waals surface area contributed by atoms with E-state index in [1.165, 1.54) is 24.2 Å². The first-order valence-corrected chi connectivity index (χ1v) is 4.57. The maximum atomic E-state index is 12.7. The number of rotatable bonds is 2. The Balaban J connectivity index is 2.23. The second kappa shape index (κ2) is 3.70. The van der Waals surface area contributed by atoms with Crippen molar-refractivity contribution in [3.05, 3.63) is 24.7 Å². The van der Waals surface area contributed by atoms with Crippen molar-refractivity contribution in [3.63, 3.8) is 0 Å². The molecule has 0 radical (unpaired) electrons. The summed E-state index contributed by atoms with van der Waals surface area (Å²) in [4.78, 5) is 7.24. The van der Waals surface area contributed by atoms with E-state index in [-0.39, 0.29) is 0 Å². The van der Waals surface area contributed by atoms with Gasteiger partial charge in [0.1, 0.15) is 17.7 Å². The molecule has 14 heavy (non-hydrogen) atoms. The smallest absolute Gasteiger partial charge is 0.217 e. The molecular weight excluding hydrogens is 205 g/mol. The van der Waals surface area contributed by atoms with Crippen molar-refractivity contribution in [3.8, 4) is 0 Å². The second-order valence-corrected chi connectivity index (χ2v) is 3.49. The highest BCUT2D eigenvalue weighted by molar-refractivity contribution is 7.99. The second-order valence-electron chi connectivity index (χ2n) is 2.51. The van der Waals surface area contributed by atoms with Crippen LogP contribution in [0.5, 0.6) is 0 Å². The van der Waals surface area contributed by atoms with Gasteiger partial charge in [0.25, 0.3) is 0 Å². The number of hydrogen-bond donors (Lipinski definition) is 0. The molecule has 0 saturated carbocycles. The summed E-state index contributed by atoms with van der Waals surface area (Å²) >= 11 is 1.23. The van der Waals surface area contributed by atoms with Crippen molar-refractivity contribution < 1.29 is 4.39 Å². The fourth-order valence-electron chi connectivity index (χ4n) is 0.832. The highest BCUT2D eigenvalue weighted by Crippen LogP contribution is 2.22. The van der Waals surface area contributed by atoms with Crippen LogP contribution >= 0.6 is 11.8 Å². The summed E-state index contributed by atoms with van der Waals surface area (Å²) in [5.74, 6) is -0.551. The third-order valence-electron chi connectivity index (χ3n) is 1.47. The predicted octanol–water partition coefficient (Wildman–Crippen LogP) is 0.895. The molecule has 0 atom stereocenters. The molecule has 7 heteroatoms. The summed E-state index contributed by atoms with van der Waals surface area (Å²) < 4.78 is 14.4. The first-order chi connectivity index (χ1) is 6.75. The number of aromatic nitrogens is 5. The normalized spacial score (nSPS) is 10.4. The van der Waals surface area contributed by atoms with Gasteiger partial charge in [-0.1, -0.05) is 0 Å². The number of aryl methyl sites for hydroxylation is 1. The molecule has 0 amide bonds. The number of halogens is 1. The van der Waals surface area contributed by atoms with Gasteiger partial charge in [0.05, 0.1) is 0 Å². The van der Waals surface area contributed by atoms with Crippen molar-refractivity contribution in [1.29, 1.82) is 0 Å². The number of hydrogen-bond acceptors (Lipinski definition) is 5. The summed E-state index contributed by atoms with van der Waals surface area (Å²) in [7, 11) is 1.81. The Kier molecular flexibility index (Phi) is 2.40. The molecule has 2 heterocycles. The van der Waals surface area contributed by atoms with Crippen LogP contribution in [-0.2, 0) is 7.05 Å². The molecule has 0 aromatic carbocycles. The molecule has 2 aromatic rings. The maximum Gasteiger partial charge on any atom is 0.217 e. The molecule has 72 valence electrons. The van der Waals surface area contributed by atoms with Crippen LogP contribution in [0.4, 0.5) is 4.39 Å². The summed E-state index contributed by atoms with van der Waals surface area (Å²) in [6.45, 7) is 0. The van der Waals surface area contributed by atoms with Gasteiger partial charge in [-0.3, -0.25) is 0 Å². The van der Waals surface area contributed by atoms with Gasteiger partial charge in [0.2, 0.25) is 5.95 Å². The van der Waals surface area contributed by atoms with E-state index in [4.69, 9.17) is 0 Å². The van der Waals surface area contributed by atoms with Crippen LogP contribution in [0.3, 0.4) is 0 Å². The lowest BCUT2D eigenvalue weighted by Gasteiger charge is -1.98. The lowest BCUT2D eigenvalue weighted by molar-refractivity contribution is 0.572. The van der Waals surface area contributed by atoms with Crippen LogP contribution < -0.4 is 0 Å². The molecule has 2 rings (SSSR count). The fraction of sp³-hybridized carbons (Fsp3) is 0.143. The Bertz CT molecular complexity index is 443. The Morgan fingerprint density at radius 3 is 2.93 bits per heavy atom. The van der Waals surface area contributed by atoms with E-state index in [0.29, 0.717) is 10.2 Å². The average molecular weight is 211 g/mol. The van der Waals surface area contributed by atoms with Crippen LogP contribution in [0.25, 0.3) is 0 Å². The minimum atomic E-state index is -0.551. The minimum absolute atomic E-state index is 0.508. The van der Waals surface area contributed by atoms with Gasteiger partial charge < -0.3 is 4.57 Å². The lowest BCUT2D eigenvalue weighted by atomic mass is 10.7. The molecule has 0 aliphatic heterocycles. The molecule has 0 aliphatic rings. The van der Waals surface area contributed by atoms with Gasteiger partial charge in [0.15, 0.2) is 5.16 Å². The van der Waals surface area contributed by atoms with E-state index in [2.05, 4.69) is 20.2 Å². The van der Waals surface area contributed by atoms with Gasteiger partial charge in [-0.25, -0.2) is 9.97 Å². The van der Waals surface area contributed by atoms with E-state index < -0.39 is 5.95 Å². The highest BCUT2D eigenvalue weighted by atomic mass is 32.2. The quantitative estimate of drug-likeness (QED) is 0.690. The van der Waals surface area contributed by atoms with Crippen LogP contribution in [0.15, 0.2) is 28.9 Å². The molecule has 0 N–H and O–H groups in total. The Morgan fingerprint density at radius 1 is 1.43 bits per heavy atom. The first-order valence-electron chi connectivity index (χ1n) is 3.75. The zero-order valence-corrected chi connectivity index (χ0v) is 8.07. The van der Waals surface area contributed by atoms with Crippen LogP contribution in [0.1, 0.15) is 0 Å². The van der Waals surface area contributed by atoms with Gasteiger partial charge in [-0.15, -0.1) is 10.2 Å². The number of nitrogens with zero attached hydrogens (tertiary/aromatic N) is 5. The minimum Gasteiger partial charge on any atom is -0.311 e. The average Bonchev–Trinajstić information content (AvgIpc) is 2.52. The Morgan fingerprint density at radius 2 is 2.29 bits per heavy atom. The van der Waals surface area contributed by atoms with E-state index in [1.807, 2.05) is 0 Å². The van der Waals surface area contributed by atoms with Crippen LogP contribution in [-0.4, -0.2) is 24.7 Å². The lowest BCUT2D eigenvalue weighted by Crippen LogP contribution is -1.91. The zero-order chi connectivity index (χ0) is 9.97. The summed E-state index contributed by atoms with van der Waals surface area (Å²) in [6.07, 6.45) is 2.74. The van der Waals surface area contributed by atoms with Crippen molar-refractivity contribution in [1.82, 2.24) is 24.7 Å². The van der Waals surface area contributed by atoms with Gasteiger partial charge >= 0.3 is 0 Å². The topological polar surface area (TPSA) is 56.5 Å². The van der Waals surface area contributed by atoms with E-state index in [1.54, 1.807) is 17.9 Å². The first kappa shape index (κ1) is 9.07. The standard InChI is InChI=1S/C7H6FN5S/c1-13-4-11-12-7(13)14-6-2-5(8)9-3-10-6/h2-4H,1H3. The summed E-state index contributed by atoms with van der Waals surface area (Å²) in [6, 6.07) is 1.25. The molecule has 2 aromatic heterocycles. The molecule has 0 aliphatic carbocycles.